The SMILES string of the molecule is [c]1cccc(N(c2ccccc2)c2ccccc2)c1. The number of nitrogens with zero attached hydrogens (tertiary/aromatic N) is 1. The highest BCUT2D eigenvalue weighted by atomic mass is 15.1. The Hall–Kier alpha value is -2.54. The number of rotatable bonds is 3. The monoisotopic (exact) mass is 244 g/mol. The van der Waals surface area contributed by atoms with Crippen molar-refractivity contribution in [3.63, 3.8) is 0 Å². The molecule has 0 bridgehead atoms. The van der Waals surface area contributed by atoms with Crippen molar-refractivity contribution in [1.82, 2.24) is 0 Å². The molecule has 19 heavy (non-hydrogen) atoms. The van der Waals surface area contributed by atoms with E-state index in [4.69, 9.17) is 0 Å². The van der Waals surface area contributed by atoms with Crippen LogP contribution in [-0.2, 0) is 0 Å². The molecule has 1 heteroatoms. The third kappa shape index (κ3) is 2.50. The van der Waals surface area contributed by atoms with Gasteiger partial charge in [0.25, 0.3) is 0 Å². The van der Waals surface area contributed by atoms with Crippen LogP contribution in [0.4, 0.5) is 17.1 Å². The van der Waals surface area contributed by atoms with Crippen LogP contribution in [0.25, 0.3) is 0 Å². The van der Waals surface area contributed by atoms with Gasteiger partial charge in [0, 0.05) is 17.1 Å². The highest BCUT2D eigenvalue weighted by Gasteiger charge is 2.10. The topological polar surface area (TPSA) is 3.24 Å². The quantitative estimate of drug-likeness (QED) is 0.629. The second kappa shape index (κ2) is 5.40. The molecule has 0 spiro atoms. The molecule has 3 aromatic carbocycles. The second-order valence-electron chi connectivity index (χ2n) is 4.27. The normalized spacial score (nSPS) is 10.1. The van der Waals surface area contributed by atoms with Gasteiger partial charge in [-0.3, -0.25) is 0 Å². The lowest BCUT2D eigenvalue weighted by molar-refractivity contribution is 1.28. The van der Waals surface area contributed by atoms with Crippen molar-refractivity contribution < 1.29 is 0 Å². The van der Waals surface area contributed by atoms with E-state index < -0.39 is 0 Å². The fourth-order valence-corrected chi connectivity index (χ4v) is 2.12. The summed E-state index contributed by atoms with van der Waals surface area (Å²) in [5.41, 5.74) is 3.40. The van der Waals surface area contributed by atoms with Gasteiger partial charge in [0.2, 0.25) is 0 Å². The van der Waals surface area contributed by atoms with Gasteiger partial charge in [-0.2, -0.15) is 0 Å². The molecule has 0 saturated heterocycles. The summed E-state index contributed by atoms with van der Waals surface area (Å²) in [6.07, 6.45) is 0. The maximum absolute atomic E-state index is 3.14. The first kappa shape index (κ1) is 11.5. The molecule has 3 rings (SSSR count). The Kier molecular flexibility index (Phi) is 3.28. The molecule has 0 aliphatic carbocycles. The van der Waals surface area contributed by atoms with Crippen molar-refractivity contribution in [1.29, 1.82) is 0 Å². The van der Waals surface area contributed by atoms with Gasteiger partial charge in [0.15, 0.2) is 0 Å². The van der Waals surface area contributed by atoms with Gasteiger partial charge in [-0.05, 0) is 42.5 Å². The molecule has 0 fully saturated rings. The van der Waals surface area contributed by atoms with E-state index in [9.17, 15) is 0 Å². The highest BCUT2D eigenvalue weighted by Crippen LogP contribution is 2.33. The van der Waals surface area contributed by atoms with Crippen LogP contribution < -0.4 is 4.90 Å². The van der Waals surface area contributed by atoms with Crippen LogP contribution in [0.15, 0.2) is 84.9 Å². The Morgan fingerprint density at radius 1 is 0.579 bits per heavy atom. The zero-order valence-electron chi connectivity index (χ0n) is 10.5. The molecule has 0 amide bonds. The molecule has 3 aromatic rings. The van der Waals surface area contributed by atoms with Crippen LogP contribution in [-0.4, -0.2) is 0 Å². The third-order valence-electron chi connectivity index (χ3n) is 2.98. The van der Waals surface area contributed by atoms with E-state index in [1.165, 1.54) is 0 Å². The maximum Gasteiger partial charge on any atom is 0.0467 e. The molecule has 0 aliphatic heterocycles. The van der Waals surface area contributed by atoms with Crippen LogP contribution in [0.2, 0.25) is 0 Å². The van der Waals surface area contributed by atoms with E-state index in [1.807, 2.05) is 30.3 Å². The fourth-order valence-electron chi connectivity index (χ4n) is 2.12. The summed E-state index contributed by atoms with van der Waals surface area (Å²) in [6.45, 7) is 0. The van der Waals surface area contributed by atoms with Crippen LogP contribution in [0.5, 0.6) is 0 Å². The molecule has 0 heterocycles. The standard InChI is InChI=1S/C18H14N/c1-4-10-16(11-5-1)19(17-12-6-2-7-13-17)18-14-8-3-9-15-18/h1-8,10-15H. The maximum atomic E-state index is 3.14. The molecule has 0 saturated carbocycles. The molecular weight excluding hydrogens is 230 g/mol. The van der Waals surface area contributed by atoms with Crippen molar-refractivity contribution in [2.24, 2.45) is 0 Å². The predicted molar refractivity (Wildman–Crippen MR) is 80.0 cm³/mol. The van der Waals surface area contributed by atoms with Crippen LogP contribution >= 0.6 is 0 Å². The van der Waals surface area contributed by atoms with E-state index in [0.29, 0.717) is 0 Å². The van der Waals surface area contributed by atoms with E-state index >= 15 is 0 Å². The predicted octanol–water partition coefficient (Wildman–Crippen LogP) is 4.96. The molecule has 0 unspecified atom stereocenters. The van der Waals surface area contributed by atoms with Crippen LogP contribution in [0.3, 0.4) is 0 Å². The van der Waals surface area contributed by atoms with Gasteiger partial charge < -0.3 is 4.90 Å². The van der Waals surface area contributed by atoms with Crippen LogP contribution in [0.1, 0.15) is 0 Å². The summed E-state index contributed by atoms with van der Waals surface area (Å²) in [6, 6.07) is 31.9. The molecule has 1 radical (unpaired) electrons. The van der Waals surface area contributed by atoms with Gasteiger partial charge in [0.1, 0.15) is 0 Å². The summed E-state index contributed by atoms with van der Waals surface area (Å²) in [4.78, 5) is 2.22. The second-order valence-corrected chi connectivity index (χ2v) is 4.27. The summed E-state index contributed by atoms with van der Waals surface area (Å²) in [7, 11) is 0. The van der Waals surface area contributed by atoms with Crippen molar-refractivity contribution in [2.45, 2.75) is 0 Å². The van der Waals surface area contributed by atoms with Gasteiger partial charge in [-0.15, -0.1) is 0 Å². The summed E-state index contributed by atoms with van der Waals surface area (Å²) < 4.78 is 0. The van der Waals surface area contributed by atoms with Crippen molar-refractivity contribution >= 4 is 17.1 Å². The zero-order chi connectivity index (χ0) is 12.9. The first-order chi connectivity index (χ1) is 9.45. The smallest absolute Gasteiger partial charge is 0.0467 e. The van der Waals surface area contributed by atoms with Gasteiger partial charge in [0.05, 0.1) is 0 Å². The average molecular weight is 244 g/mol. The van der Waals surface area contributed by atoms with Gasteiger partial charge in [-0.1, -0.05) is 48.5 Å². The van der Waals surface area contributed by atoms with Gasteiger partial charge in [-0.25, -0.2) is 0 Å². The van der Waals surface area contributed by atoms with Crippen molar-refractivity contribution in [3.8, 4) is 0 Å². The van der Waals surface area contributed by atoms with E-state index in [2.05, 4.69) is 65.6 Å². The minimum absolute atomic E-state index is 1.11. The molecule has 0 aromatic heterocycles. The molecular formula is C18H14N. The largest absolute Gasteiger partial charge is 0.310 e. The van der Waals surface area contributed by atoms with E-state index in [-0.39, 0.29) is 0 Å². The first-order valence-electron chi connectivity index (χ1n) is 6.31. The molecule has 91 valence electrons. The van der Waals surface area contributed by atoms with Crippen molar-refractivity contribution in [2.75, 3.05) is 4.90 Å². The van der Waals surface area contributed by atoms with Gasteiger partial charge >= 0.3 is 0 Å². The van der Waals surface area contributed by atoms with E-state index in [1.54, 1.807) is 0 Å². The average Bonchev–Trinajstić information content (AvgIpc) is 2.51. The number of para-hydroxylation sites is 2. The van der Waals surface area contributed by atoms with Crippen molar-refractivity contribution in [3.05, 3.63) is 91.0 Å². The summed E-state index contributed by atoms with van der Waals surface area (Å²) >= 11 is 0. The Balaban J connectivity index is 2.12. The zero-order valence-corrected chi connectivity index (χ0v) is 10.5. The minimum atomic E-state index is 1.11. The molecule has 0 N–H and O–H groups in total. The lowest BCUT2D eigenvalue weighted by Crippen LogP contribution is -2.09. The molecule has 0 atom stereocenters. The van der Waals surface area contributed by atoms with Crippen LogP contribution in [0, 0.1) is 6.07 Å². The lowest BCUT2D eigenvalue weighted by Gasteiger charge is -2.25. The summed E-state index contributed by atoms with van der Waals surface area (Å²) in [5, 5.41) is 0. The summed E-state index contributed by atoms with van der Waals surface area (Å²) in [5.74, 6) is 0. The molecule has 0 aliphatic rings. The Morgan fingerprint density at radius 3 is 1.58 bits per heavy atom. The molecule has 1 nitrogen and oxygen atoms in total. The highest BCUT2D eigenvalue weighted by molar-refractivity contribution is 5.75. The Morgan fingerprint density at radius 2 is 1.11 bits per heavy atom. The number of anilines is 3. The number of hydrogen-bond acceptors (Lipinski definition) is 1. The Bertz CT molecular complexity index is 524. The minimum Gasteiger partial charge on any atom is -0.310 e. The third-order valence-corrected chi connectivity index (χ3v) is 2.98. The number of benzene rings is 3. The number of hydrogen-bond donors (Lipinski definition) is 0. The fraction of sp³-hybridized carbons (Fsp3) is 0. The van der Waals surface area contributed by atoms with E-state index in [0.717, 1.165) is 17.1 Å². The Labute approximate surface area is 113 Å². The lowest BCUT2D eigenvalue weighted by atomic mass is 10.2. The first-order valence-corrected chi connectivity index (χ1v) is 6.31.